The number of ether oxygens (including phenoxy) is 2. The fourth-order valence-electron chi connectivity index (χ4n) is 10.3. The maximum atomic E-state index is 12.4. The number of hydrogen-bond acceptors (Lipinski definition) is 5. The molecule has 0 saturated carbocycles. The standard InChI is InChI=1S/C77H134O5/c1-3-5-7-9-11-13-15-17-19-21-23-25-27-29-31-33-34-35-36-37-38-39-40-41-42-44-46-48-50-52-54-56-58-60-62-64-66-68-70-72-77(80)82-75(73-78)74-81-76(79)71-69-67-65-63-61-59-57-55-53-51-49-47-45-43-32-30-28-26-24-22-20-18-16-14-12-10-8-6-4-2/h5,7,11,13,17,19,23,25,29,31,34-35,37-38,40-41,44,46,75,78H,3-4,6,8-10,12,14-16,18,20-22,24,26-28,30,32-33,36,39,42-43,45,47-74H2,1-2H3/b7-5-,13-11-,19-17-,25-23-,31-29-,35-34-,38-37-,41-40-,46-44-. The van der Waals surface area contributed by atoms with Crippen LogP contribution in [-0.4, -0.2) is 36.4 Å². The normalized spacial score (nSPS) is 12.9. The van der Waals surface area contributed by atoms with Crippen molar-refractivity contribution in [2.75, 3.05) is 13.2 Å². The van der Waals surface area contributed by atoms with Gasteiger partial charge in [-0.05, 0) is 83.5 Å². The van der Waals surface area contributed by atoms with Crippen LogP contribution < -0.4 is 0 Å². The van der Waals surface area contributed by atoms with Gasteiger partial charge in [-0.3, -0.25) is 9.59 Å². The number of carbonyl (C=O) groups is 2. The molecule has 0 rings (SSSR count). The summed E-state index contributed by atoms with van der Waals surface area (Å²) in [6.45, 7) is 4.07. The van der Waals surface area contributed by atoms with Crippen LogP contribution in [0.15, 0.2) is 109 Å². The summed E-state index contributed by atoms with van der Waals surface area (Å²) in [7, 11) is 0. The van der Waals surface area contributed by atoms with Crippen LogP contribution in [0.1, 0.15) is 348 Å². The largest absolute Gasteiger partial charge is 0.462 e. The van der Waals surface area contributed by atoms with Gasteiger partial charge in [0.1, 0.15) is 6.61 Å². The molecule has 0 aromatic carbocycles. The highest BCUT2D eigenvalue weighted by atomic mass is 16.6. The van der Waals surface area contributed by atoms with Crippen molar-refractivity contribution in [1.29, 1.82) is 0 Å². The van der Waals surface area contributed by atoms with E-state index in [0.29, 0.717) is 12.8 Å². The molecule has 0 saturated heterocycles. The van der Waals surface area contributed by atoms with Gasteiger partial charge in [0, 0.05) is 12.8 Å². The van der Waals surface area contributed by atoms with Gasteiger partial charge in [-0.15, -0.1) is 0 Å². The molecule has 0 aliphatic rings. The topological polar surface area (TPSA) is 72.8 Å². The predicted octanol–water partition coefficient (Wildman–Crippen LogP) is 24.8. The van der Waals surface area contributed by atoms with Crippen molar-refractivity contribution < 1.29 is 24.2 Å². The van der Waals surface area contributed by atoms with E-state index in [1.807, 2.05) is 0 Å². The van der Waals surface area contributed by atoms with Gasteiger partial charge in [0.05, 0.1) is 6.61 Å². The summed E-state index contributed by atoms with van der Waals surface area (Å²) in [4.78, 5) is 24.7. The molecule has 0 spiro atoms. The first-order valence-corrected chi connectivity index (χ1v) is 35.4. The van der Waals surface area contributed by atoms with E-state index in [1.54, 1.807) is 0 Å². The Labute approximate surface area is 510 Å². The second-order valence-electron chi connectivity index (χ2n) is 23.6. The number of esters is 2. The number of hydrogen-bond donors (Lipinski definition) is 1. The molecule has 5 heteroatoms. The third kappa shape index (κ3) is 69.1. The Hall–Kier alpha value is -3.44. The Morgan fingerprint density at radius 3 is 0.793 bits per heavy atom. The highest BCUT2D eigenvalue weighted by Crippen LogP contribution is 2.18. The van der Waals surface area contributed by atoms with Crippen molar-refractivity contribution >= 4 is 11.9 Å². The number of aliphatic hydroxyl groups is 1. The molecule has 1 N–H and O–H groups in total. The molecule has 1 unspecified atom stereocenters. The number of unbranched alkanes of at least 4 members (excludes halogenated alkanes) is 39. The zero-order chi connectivity index (χ0) is 59.1. The van der Waals surface area contributed by atoms with Crippen LogP contribution in [0.5, 0.6) is 0 Å². The van der Waals surface area contributed by atoms with Gasteiger partial charge >= 0.3 is 11.9 Å². The first-order chi connectivity index (χ1) is 40.6. The smallest absolute Gasteiger partial charge is 0.306 e. The summed E-state index contributed by atoms with van der Waals surface area (Å²) in [5, 5.41) is 9.70. The zero-order valence-electron chi connectivity index (χ0n) is 54.2. The molecule has 0 bridgehead atoms. The number of aliphatic hydroxyl groups excluding tert-OH is 1. The van der Waals surface area contributed by atoms with Crippen LogP contribution >= 0.6 is 0 Å². The molecule has 0 heterocycles. The average Bonchev–Trinajstić information content (AvgIpc) is 3.49. The average molecular weight is 1140 g/mol. The van der Waals surface area contributed by atoms with Crippen LogP contribution in [0.2, 0.25) is 0 Å². The van der Waals surface area contributed by atoms with Crippen molar-refractivity contribution in [3.8, 4) is 0 Å². The van der Waals surface area contributed by atoms with Crippen LogP contribution in [0, 0.1) is 0 Å². The van der Waals surface area contributed by atoms with E-state index in [0.717, 1.165) is 96.3 Å². The van der Waals surface area contributed by atoms with E-state index in [1.165, 1.54) is 225 Å². The molecule has 472 valence electrons. The van der Waals surface area contributed by atoms with E-state index >= 15 is 0 Å². The Kier molecular flexibility index (Phi) is 68.8. The maximum Gasteiger partial charge on any atom is 0.306 e. The Balaban J connectivity index is 3.49. The van der Waals surface area contributed by atoms with Gasteiger partial charge in [0.15, 0.2) is 6.10 Å². The molecule has 0 aromatic rings. The van der Waals surface area contributed by atoms with Gasteiger partial charge in [0.2, 0.25) is 0 Å². The number of rotatable bonds is 65. The van der Waals surface area contributed by atoms with Crippen molar-refractivity contribution in [2.45, 2.75) is 354 Å². The van der Waals surface area contributed by atoms with Crippen molar-refractivity contribution in [2.24, 2.45) is 0 Å². The lowest BCUT2D eigenvalue weighted by molar-refractivity contribution is -0.161. The molecule has 0 fully saturated rings. The lowest BCUT2D eigenvalue weighted by Crippen LogP contribution is -2.28. The molecule has 1 atom stereocenters. The number of allylic oxidation sites excluding steroid dienone is 18. The second kappa shape index (κ2) is 71.8. The molecule has 0 radical (unpaired) electrons. The van der Waals surface area contributed by atoms with Crippen LogP contribution in [-0.2, 0) is 19.1 Å². The van der Waals surface area contributed by atoms with Crippen molar-refractivity contribution in [3.05, 3.63) is 109 Å². The molecule has 0 aliphatic heterocycles. The van der Waals surface area contributed by atoms with Gasteiger partial charge in [-0.2, -0.15) is 0 Å². The van der Waals surface area contributed by atoms with E-state index in [2.05, 4.69) is 123 Å². The quantitative estimate of drug-likeness (QED) is 0.0373. The number of carbonyl (C=O) groups excluding carboxylic acids is 2. The summed E-state index contributed by atoms with van der Waals surface area (Å²) in [5.74, 6) is -0.582. The van der Waals surface area contributed by atoms with Gasteiger partial charge < -0.3 is 14.6 Å². The molecule has 0 amide bonds. The maximum absolute atomic E-state index is 12.4. The lowest BCUT2D eigenvalue weighted by atomic mass is 10.0. The fourth-order valence-corrected chi connectivity index (χ4v) is 10.3. The molecular formula is C77H134O5. The molecular weight excluding hydrogens is 1000 g/mol. The molecule has 5 nitrogen and oxygen atoms in total. The SMILES string of the molecule is CC/C=C\C/C=C\C/C=C\C/C=C\C/C=C\C/C=C\C/C=C\C/C=C\C/C=C\CCCCCCCCCCCCCC(=O)OC(CO)COC(=O)CCCCCCCCCCCCCCCCCCCCCCCCCCCCCCC. The van der Waals surface area contributed by atoms with Gasteiger partial charge in [-0.1, -0.05) is 361 Å². The monoisotopic (exact) mass is 1140 g/mol. The predicted molar refractivity (Wildman–Crippen MR) is 362 cm³/mol. The highest BCUT2D eigenvalue weighted by molar-refractivity contribution is 5.70. The Morgan fingerprint density at radius 1 is 0.293 bits per heavy atom. The minimum Gasteiger partial charge on any atom is -0.462 e. The highest BCUT2D eigenvalue weighted by Gasteiger charge is 2.16. The minimum absolute atomic E-state index is 0.0672. The third-order valence-electron chi connectivity index (χ3n) is 15.6. The summed E-state index contributed by atoms with van der Waals surface area (Å²) in [6.07, 6.45) is 104. The van der Waals surface area contributed by atoms with E-state index in [4.69, 9.17) is 9.47 Å². The zero-order valence-corrected chi connectivity index (χ0v) is 54.2. The summed E-state index contributed by atoms with van der Waals surface area (Å²) < 4.78 is 10.8. The van der Waals surface area contributed by atoms with Gasteiger partial charge in [-0.25, -0.2) is 0 Å². The first kappa shape index (κ1) is 78.6. The molecule has 0 aromatic heterocycles. The summed E-state index contributed by atoms with van der Waals surface area (Å²) in [6, 6.07) is 0. The Morgan fingerprint density at radius 2 is 0.524 bits per heavy atom. The van der Waals surface area contributed by atoms with Crippen LogP contribution in [0.3, 0.4) is 0 Å². The summed E-state index contributed by atoms with van der Waals surface area (Å²) >= 11 is 0. The van der Waals surface area contributed by atoms with Crippen molar-refractivity contribution in [3.63, 3.8) is 0 Å². The molecule has 82 heavy (non-hydrogen) atoms. The van der Waals surface area contributed by atoms with Crippen molar-refractivity contribution in [1.82, 2.24) is 0 Å². The third-order valence-corrected chi connectivity index (χ3v) is 15.6. The van der Waals surface area contributed by atoms with E-state index < -0.39 is 6.10 Å². The first-order valence-electron chi connectivity index (χ1n) is 35.4. The van der Waals surface area contributed by atoms with E-state index in [9.17, 15) is 14.7 Å². The van der Waals surface area contributed by atoms with Crippen LogP contribution in [0.4, 0.5) is 0 Å². The Bertz CT molecular complexity index is 1570. The van der Waals surface area contributed by atoms with E-state index in [-0.39, 0.29) is 25.2 Å². The lowest BCUT2D eigenvalue weighted by Gasteiger charge is -2.15. The minimum atomic E-state index is -0.779. The fraction of sp³-hybridized carbons (Fsp3) is 0.740. The summed E-state index contributed by atoms with van der Waals surface area (Å²) in [5.41, 5.74) is 0. The molecule has 0 aliphatic carbocycles. The van der Waals surface area contributed by atoms with Gasteiger partial charge in [0.25, 0.3) is 0 Å². The second-order valence-corrected chi connectivity index (χ2v) is 23.6. The van der Waals surface area contributed by atoms with Crippen LogP contribution in [0.25, 0.3) is 0 Å².